The van der Waals surface area contributed by atoms with E-state index in [1.165, 1.54) is 0 Å². The summed E-state index contributed by atoms with van der Waals surface area (Å²) in [5, 5.41) is 18.3. The molecule has 1 aromatic heterocycles. The number of benzene rings is 1. The van der Waals surface area contributed by atoms with Crippen LogP contribution in [-0.4, -0.2) is 49.9 Å². The topological polar surface area (TPSA) is 71.2 Å². The lowest BCUT2D eigenvalue weighted by Gasteiger charge is -2.34. The van der Waals surface area contributed by atoms with Gasteiger partial charge in [0.15, 0.2) is 0 Å². The average molecular weight is 342 g/mol. The number of nitrogens with zero attached hydrogens (tertiary/aromatic N) is 4. The zero-order chi connectivity index (χ0) is 17.6. The number of likely N-dealkylation sites (tertiary alicyclic amines) is 1. The van der Waals surface area contributed by atoms with Crippen LogP contribution in [0.25, 0.3) is 0 Å². The summed E-state index contributed by atoms with van der Waals surface area (Å²) in [4.78, 5) is 14.3. The van der Waals surface area contributed by atoms with Gasteiger partial charge in [0.25, 0.3) is 0 Å². The number of carbonyl (C=O) groups excluding carboxylic acids is 1. The molecule has 1 unspecified atom stereocenters. The highest BCUT2D eigenvalue weighted by Gasteiger charge is 2.27. The Morgan fingerprint density at radius 2 is 2.00 bits per heavy atom. The molecule has 134 valence electrons. The molecule has 2 heterocycles. The Bertz CT molecular complexity index is 678. The molecule has 1 saturated heterocycles. The first-order chi connectivity index (χ1) is 12.1. The van der Waals surface area contributed by atoms with Gasteiger partial charge >= 0.3 is 0 Å². The third kappa shape index (κ3) is 4.66. The third-order valence-electron chi connectivity index (χ3n) is 5.09. The van der Waals surface area contributed by atoms with Crippen LogP contribution in [-0.2, 0) is 24.7 Å². The number of carbonyl (C=O) groups is 1. The van der Waals surface area contributed by atoms with E-state index < -0.39 is 0 Å². The van der Waals surface area contributed by atoms with Gasteiger partial charge in [-0.05, 0) is 30.7 Å². The van der Waals surface area contributed by atoms with E-state index in [0.717, 1.165) is 37.3 Å². The molecule has 6 heteroatoms. The molecule has 1 aliphatic heterocycles. The summed E-state index contributed by atoms with van der Waals surface area (Å²) >= 11 is 0. The highest BCUT2D eigenvalue weighted by Crippen LogP contribution is 2.23. The van der Waals surface area contributed by atoms with E-state index in [-0.39, 0.29) is 17.9 Å². The van der Waals surface area contributed by atoms with Crippen LogP contribution in [0.5, 0.6) is 0 Å². The predicted octanol–water partition coefficient (Wildman–Crippen LogP) is 1.59. The molecule has 3 rings (SSSR count). The first-order valence-corrected chi connectivity index (χ1v) is 8.96. The first-order valence-electron chi connectivity index (χ1n) is 8.96. The largest absolute Gasteiger partial charge is 0.392 e. The number of aliphatic hydroxyl groups is 1. The smallest absolute Gasteiger partial charge is 0.223 e. The van der Waals surface area contributed by atoms with Crippen LogP contribution >= 0.6 is 0 Å². The molecular formula is C19H26N4O2. The van der Waals surface area contributed by atoms with E-state index >= 15 is 0 Å². The van der Waals surface area contributed by atoms with Crippen molar-refractivity contribution >= 4 is 5.91 Å². The second-order valence-electron chi connectivity index (χ2n) is 6.83. The lowest BCUT2D eigenvalue weighted by molar-refractivity contribution is -0.133. The van der Waals surface area contributed by atoms with E-state index in [1.807, 2.05) is 46.8 Å². The maximum absolute atomic E-state index is 12.4. The molecule has 1 atom stereocenters. The van der Waals surface area contributed by atoms with Crippen LogP contribution in [0.2, 0.25) is 0 Å². The maximum atomic E-state index is 12.4. The molecule has 2 aromatic rings. The SMILES string of the molecule is Cn1cnnc1CCC(=O)N1CCC(C(O)Cc2ccccc2)CC1. The summed E-state index contributed by atoms with van der Waals surface area (Å²) in [6.45, 7) is 1.46. The molecule has 0 spiro atoms. The number of amides is 1. The molecule has 0 radical (unpaired) electrons. The van der Waals surface area contributed by atoms with Gasteiger partial charge in [0.1, 0.15) is 12.2 Å². The van der Waals surface area contributed by atoms with Crippen LogP contribution in [0.4, 0.5) is 0 Å². The minimum atomic E-state index is -0.335. The number of aromatic nitrogens is 3. The number of rotatable bonds is 6. The fourth-order valence-corrected chi connectivity index (χ4v) is 3.47. The van der Waals surface area contributed by atoms with Gasteiger partial charge in [-0.2, -0.15) is 0 Å². The second-order valence-corrected chi connectivity index (χ2v) is 6.83. The van der Waals surface area contributed by atoms with Crippen LogP contribution in [0.15, 0.2) is 36.7 Å². The van der Waals surface area contributed by atoms with Gasteiger partial charge in [-0.25, -0.2) is 0 Å². The van der Waals surface area contributed by atoms with Gasteiger partial charge in [-0.1, -0.05) is 30.3 Å². The van der Waals surface area contributed by atoms with Crippen LogP contribution < -0.4 is 0 Å². The molecule has 6 nitrogen and oxygen atoms in total. The first kappa shape index (κ1) is 17.6. The summed E-state index contributed by atoms with van der Waals surface area (Å²) in [7, 11) is 1.89. The Morgan fingerprint density at radius 1 is 1.28 bits per heavy atom. The van der Waals surface area contributed by atoms with Crippen molar-refractivity contribution in [2.45, 2.75) is 38.2 Å². The fourth-order valence-electron chi connectivity index (χ4n) is 3.47. The highest BCUT2D eigenvalue weighted by atomic mass is 16.3. The lowest BCUT2D eigenvalue weighted by atomic mass is 9.88. The molecule has 1 fully saturated rings. The van der Waals surface area contributed by atoms with E-state index in [2.05, 4.69) is 10.2 Å². The fraction of sp³-hybridized carbons (Fsp3) is 0.526. The molecule has 0 saturated carbocycles. The van der Waals surface area contributed by atoms with E-state index in [1.54, 1.807) is 6.33 Å². The summed E-state index contributed by atoms with van der Waals surface area (Å²) in [5.41, 5.74) is 1.16. The standard InChI is InChI=1S/C19H26N4O2/c1-22-14-20-21-18(22)7-8-19(25)23-11-9-16(10-12-23)17(24)13-15-5-3-2-4-6-15/h2-6,14,16-17,24H,7-13H2,1H3. The van der Waals surface area contributed by atoms with Gasteiger partial charge < -0.3 is 14.6 Å². The normalized spacial score (nSPS) is 16.8. The molecule has 25 heavy (non-hydrogen) atoms. The molecule has 0 aliphatic carbocycles. The predicted molar refractivity (Wildman–Crippen MR) is 94.8 cm³/mol. The second kappa shape index (κ2) is 8.25. The van der Waals surface area contributed by atoms with Crippen molar-refractivity contribution in [1.82, 2.24) is 19.7 Å². The van der Waals surface area contributed by atoms with Gasteiger partial charge in [0, 0.05) is 33.0 Å². The third-order valence-corrected chi connectivity index (χ3v) is 5.09. The number of hydrogen-bond acceptors (Lipinski definition) is 4. The molecule has 1 N–H and O–H groups in total. The van der Waals surface area contributed by atoms with Crippen molar-refractivity contribution in [3.05, 3.63) is 48.0 Å². The van der Waals surface area contributed by atoms with Crippen molar-refractivity contribution in [2.75, 3.05) is 13.1 Å². The summed E-state index contributed by atoms with van der Waals surface area (Å²) < 4.78 is 1.85. The van der Waals surface area contributed by atoms with Crippen LogP contribution in [0, 0.1) is 5.92 Å². The zero-order valence-corrected chi connectivity index (χ0v) is 14.7. The van der Waals surface area contributed by atoms with Crippen LogP contribution in [0.3, 0.4) is 0 Å². The monoisotopic (exact) mass is 342 g/mol. The van der Waals surface area contributed by atoms with E-state index in [4.69, 9.17) is 0 Å². The minimum absolute atomic E-state index is 0.166. The van der Waals surface area contributed by atoms with Gasteiger partial charge in [0.05, 0.1) is 6.10 Å². The van der Waals surface area contributed by atoms with Crippen molar-refractivity contribution in [2.24, 2.45) is 13.0 Å². The van der Waals surface area contributed by atoms with Crippen molar-refractivity contribution in [1.29, 1.82) is 0 Å². The van der Waals surface area contributed by atoms with Gasteiger partial charge in [-0.15, -0.1) is 10.2 Å². The Labute approximate surface area is 148 Å². The number of aryl methyl sites for hydroxylation is 2. The highest BCUT2D eigenvalue weighted by molar-refractivity contribution is 5.76. The summed E-state index contributed by atoms with van der Waals surface area (Å²) in [5.74, 6) is 1.27. The lowest BCUT2D eigenvalue weighted by Crippen LogP contribution is -2.41. The van der Waals surface area contributed by atoms with E-state index in [0.29, 0.717) is 19.3 Å². The Balaban J connectivity index is 1.43. The summed E-state index contributed by atoms with van der Waals surface area (Å²) in [6.07, 6.45) is 4.81. The Morgan fingerprint density at radius 3 is 2.64 bits per heavy atom. The van der Waals surface area contributed by atoms with Crippen molar-refractivity contribution in [3.63, 3.8) is 0 Å². The quantitative estimate of drug-likeness (QED) is 0.865. The average Bonchev–Trinajstić information content (AvgIpc) is 3.05. The molecule has 0 bridgehead atoms. The number of aliphatic hydroxyl groups excluding tert-OH is 1. The zero-order valence-electron chi connectivity index (χ0n) is 14.7. The van der Waals surface area contributed by atoms with Gasteiger partial charge in [-0.3, -0.25) is 4.79 Å². The summed E-state index contributed by atoms with van der Waals surface area (Å²) in [6, 6.07) is 10.1. The van der Waals surface area contributed by atoms with Crippen molar-refractivity contribution in [3.8, 4) is 0 Å². The molecule has 1 aliphatic rings. The Kier molecular flexibility index (Phi) is 5.81. The van der Waals surface area contributed by atoms with Crippen molar-refractivity contribution < 1.29 is 9.90 Å². The van der Waals surface area contributed by atoms with E-state index in [9.17, 15) is 9.90 Å². The molecular weight excluding hydrogens is 316 g/mol. The number of piperidine rings is 1. The Hall–Kier alpha value is -2.21. The minimum Gasteiger partial charge on any atom is -0.392 e. The van der Waals surface area contributed by atoms with Crippen LogP contribution in [0.1, 0.15) is 30.7 Å². The molecule has 1 aromatic carbocycles. The molecule has 1 amide bonds. The number of hydrogen-bond donors (Lipinski definition) is 1. The van der Waals surface area contributed by atoms with Gasteiger partial charge in [0.2, 0.25) is 5.91 Å². The maximum Gasteiger partial charge on any atom is 0.223 e.